The number of carbonyl (C=O) groups is 1. The summed E-state index contributed by atoms with van der Waals surface area (Å²) >= 11 is 0. The monoisotopic (exact) mass is 353 g/mol. The van der Waals surface area contributed by atoms with Crippen LogP contribution in [0.2, 0.25) is 0 Å². The zero-order valence-corrected chi connectivity index (χ0v) is 14.6. The molecule has 0 aliphatic rings. The fourth-order valence-electron chi connectivity index (χ4n) is 2.94. The molecule has 0 amide bonds. The topological polar surface area (TPSA) is 60.7 Å². The van der Waals surface area contributed by atoms with Gasteiger partial charge in [-0.15, -0.1) is 0 Å². The summed E-state index contributed by atoms with van der Waals surface area (Å²) < 4.78 is 13.2. The minimum Gasteiger partial charge on any atom is -0.481 e. The molecule has 0 aliphatic carbocycles. The average Bonchev–Trinajstić information content (AvgIpc) is 3.07. The number of aliphatic carboxylic acids is 1. The smallest absolute Gasteiger partial charge is 0.341 e. The Bertz CT molecular complexity index is 842. The number of carboxylic acid groups (broad SMARTS) is 1. The maximum atomic E-state index is 10.7. The number of rotatable bonds is 10. The lowest BCUT2D eigenvalue weighted by Crippen LogP contribution is -2.09. The van der Waals surface area contributed by atoms with E-state index < -0.39 is 5.97 Å². The van der Waals surface area contributed by atoms with Crippen molar-refractivity contribution in [1.82, 2.24) is 4.57 Å². The lowest BCUT2D eigenvalue weighted by atomic mass is 10.1. The summed E-state index contributed by atoms with van der Waals surface area (Å²) in [5, 5.41) is 9.68. The van der Waals surface area contributed by atoms with E-state index in [0.717, 1.165) is 36.9 Å². The van der Waals surface area contributed by atoms with Gasteiger partial charge >= 0.3 is 5.97 Å². The maximum absolute atomic E-state index is 10.7. The molecule has 26 heavy (non-hydrogen) atoms. The number of hydrogen-bond donors (Lipinski definition) is 1. The molecule has 1 aromatic heterocycles. The predicted octanol–water partition coefficient (Wildman–Crippen LogP) is 3.75. The van der Waals surface area contributed by atoms with Crippen molar-refractivity contribution in [1.29, 1.82) is 0 Å². The van der Waals surface area contributed by atoms with Gasteiger partial charge in [0.15, 0.2) is 6.61 Å². The van der Waals surface area contributed by atoms with Crippen LogP contribution in [-0.2, 0) is 22.5 Å². The van der Waals surface area contributed by atoms with E-state index in [1.165, 1.54) is 5.56 Å². The number of carboxylic acids is 1. The Morgan fingerprint density at radius 2 is 1.85 bits per heavy atom. The Morgan fingerprint density at radius 1 is 1.00 bits per heavy atom. The Labute approximate surface area is 152 Å². The molecule has 5 nitrogen and oxygen atoms in total. The van der Waals surface area contributed by atoms with E-state index in [1.54, 1.807) is 6.07 Å². The normalized spacial score (nSPS) is 10.9. The minimum absolute atomic E-state index is 0.338. The largest absolute Gasteiger partial charge is 0.481 e. The van der Waals surface area contributed by atoms with Crippen LogP contribution in [0.1, 0.15) is 12.0 Å². The third-order valence-electron chi connectivity index (χ3n) is 4.20. The Hall–Kier alpha value is -2.79. The molecule has 0 aliphatic heterocycles. The Balaban J connectivity index is 1.47. The van der Waals surface area contributed by atoms with Crippen molar-refractivity contribution in [3.63, 3.8) is 0 Å². The quantitative estimate of drug-likeness (QED) is 0.564. The van der Waals surface area contributed by atoms with Crippen LogP contribution in [0.4, 0.5) is 0 Å². The van der Waals surface area contributed by atoms with Crippen LogP contribution in [0, 0.1) is 0 Å². The molecule has 3 aromatic rings. The first-order valence-corrected chi connectivity index (χ1v) is 8.78. The molecule has 1 heterocycles. The third-order valence-corrected chi connectivity index (χ3v) is 4.20. The van der Waals surface area contributed by atoms with E-state index in [9.17, 15) is 4.79 Å². The number of benzene rings is 2. The van der Waals surface area contributed by atoms with Crippen molar-refractivity contribution >= 4 is 16.9 Å². The summed E-state index contributed by atoms with van der Waals surface area (Å²) in [7, 11) is 0. The molecule has 0 fully saturated rings. The highest BCUT2D eigenvalue weighted by Crippen LogP contribution is 2.26. The van der Waals surface area contributed by atoms with Gasteiger partial charge in [0.2, 0.25) is 0 Å². The molecule has 0 bridgehead atoms. The van der Waals surface area contributed by atoms with Crippen LogP contribution >= 0.6 is 0 Å². The SMILES string of the molecule is O=C(O)COc1cccc2c1ccn2CCOCCCc1ccccc1. The van der Waals surface area contributed by atoms with Gasteiger partial charge in [0, 0.05) is 24.7 Å². The number of hydrogen-bond acceptors (Lipinski definition) is 3. The fourth-order valence-corrected chi connectivity index (χ4v) is 2.94. The highest BCUT2D eigenvalue weighted by molar-refractivity contribution is 5.86. The van der Waals surface area contributed by atoms with E-state index in [0.29, 0.717) is 12.4 Å². The standard InChI is InChI=1S/C21H23NO4/c23-21(24)16-26-20-10-4-9-19-18(20)11-12-22(19)13-15-25-14-5-8-17-6-2-1-3-7-17/h1-4,6-7,9-12H,5,8,13-16H2,(H,23,24). The van der Waals surface area contributed by atoms with Gasteiger partial charge in [-0.1, -0.05) is 36.4 Å². The summed E-state index contributed by atoms with van der Waals surface area (Å²) in [5.41, 5.74) is 2.35. The zero-order valence-electron chi connectivity index (χ0n) is 14.6. The summed E-state index contributed by atoms with van der Waals surface area (Å²) in [6, 6.07) is 18.0. The molecule has 0 saturated heterocycles. The summed E-state index contributed by atoms with van der Waals surface area (Å²) in [4.78, 5) is 10.7. The van der Waals surface area contributed by atoms with Crippen LogP contribution < -0.4 is 4.74 Å². The highest BCUT2D eigenvalue weighted by Gasteiger charge is 2.08. The minimum atomic E-state index is -0.981. The zero-order chi connectivity index (χ0) is 18.2. The van der Waals surface area contributed by atoms with Crippen molar-refractivity contribution < 1.29 is 19.4 Å². The van der Waals surface area contributed by atoms with Gasteiger partial charge in [0.1, 0.15) is 5.75 Å². The number of nitrogens with zero attached hydrogens (tertiary/aromatic N) is 1. The van der Waals surface area contributed by atoms with Crippen LogP contribution in [0.3, 0.4) is 0 Å². The number of aryl methyl sites for hydroxylation is 1. The summed E-state index contributed by atoms with van der Waals surface area (Å²) in [5.74, 6) is -0.391. The van der Waals surface area contributed by atoms with Gasteiger partial charge in [0.25, 0.3) is 0 Å². The predicted molar refractivity (Wildman–Crippen MR) is 101 cm³/mol. The van der Waals surface area contributed by atoms with Gasteiger partial charge in [-0.25, -0.2) is 4.79 Å². The molecule has 0 saturated carbocycles. The highest BCUT2D eigenvalue weighted by atomic mass is 16.5. The van der Waals surface area contributed by atoms with Gasteiger partial charge in [-0.2, -0.15) is 0 Å². The Kier molecular flexibility index (Phi) is 6.28. The van der Waals surface area contributed by atoms with E-state index in [-0.39, 0.29) is 6.61 Å². The maximum Gasteiger partial charge on any atom is 0.341 e. The number of fused-ring (bicyclic) bond motifs is 1. The van der Waals surface area contributed by atoms with Crippen LogP contribution in [0.25, 0.3) is 10.9 Å². The Morgan fingerprint density at radius 3 is 2.65 bits per heavy atom. The average molecular weight is 353 g/mol. The molecular formula is C21H23NO4. The lowest BCUT2D eigenvalue weighted by Gasteiger charge is -2.09. The first-order valence-electron chi connectivity index (χ1n) is 8.78. The van der Waals surface area contributed by atoms with Crippen LogP contribution in [0.5, 0.6) is 5.75 Å². The second-order valence-corrected chi connectivity index (χ2v) is 6.08. The van der Waals surface area contributed by atoms with Gasteiger partial charge in [0.05, 0.1) is 12.1 Å². The van der Waals surface area contributed by atoms with Crippen LogP contribution in [-0.4, -0.2) is 35.5 Å². The molecule has 0 spiro atoms. The van der Waals surface area contributed by atoms with Gasteiger partial charge in [-0.3, -0.25) is 0 Å². The first kappa shape index (κ1) is 18.0. The van der Waals surface area contributed by atoms with E-state index in [2.05, 4.69) is 28.8 Å². The molecule has 1 N–H and O–H groups in total. The summed E-state index contributed by atoms with van der Waals surface area (Å²) in [6.07, 6.45) is 4.01. The summed E-state index contributed by atoms with van der Waals surface area (Å²) in [6.45, 7) is 1.78. The molecule has 5 heteroatoms. The molecule has 0 radical (unpaired) electrons. The molecular weight excluding hydrogens is 330 g/mol. The second kappa shape index (κ2) is 9.06. The molecule has 3 rings (SSSR count). The molecule has 0 atom stereocenters. The van der Waals surface area contributed by atoms with E-state index in [4.69, 9.17) is 14.6 Å². The van der Waals surface area contributed by atoms with E-state index in [1.807, 2.05) is 30.5 Å². The lowest BCUT2D eigenvalue weighted by molar-refractivity contribution is -0.139. The van der Waals surface area contributed by atoms with E-state index >= 15 is 0 Å². The van der Waals surface area contributed by atoms with Crippen molar-refractivity contribution in [2.45, 2.75) is 19.4 Å². The van der Waals surface area contributed by atoms with Crippen LogP contribution in [0.15, 0.2) is 60.8 Å². The molecule has 0 unspecified atom stereocenters. The van der Waals surface area contributed by atoms with Crippen molar-refractivity contribution in [3.8, 4) is 5.75 Å². The van der Waals surface area contributed by atoms with Crippen molar-refractivity contribution in [2.75, 3.05) is 19.8 Å². The van der Waals surface area contributed by atoms with Gasteiger partial charge in [-0.05, 0) is 36.6 Å². The number of aromatic nitrogens is 1. The first-order chi connectivity index (χ1) is 12.7. The van der Waals surface area contributed by atoms with Crippen molar-refractivity contribution in [3.05, 3.63) is 66.4 Å². The molecule has 136 valence electrons. The second-order valence-electron chi connectivity index (χ2n) is 6.08. The number of ether oxygens (including phenoxy) is 2. The van der Waals surface area contributed by atoms with Gasteiger partial charge < -0.3 is 19.1 Å². The fraction of sp³-hybridized carbons (Fsp3) is 0.286. The third kappa shape index (κ3) is 4.86. The van der Waals surface area contributed by atoms with Crippen molar-refractivity contribution in [2.24, 2.45) is 0 Å². The molecule has 2 aromatic carbocycles.